The van der Waals surface area contributed by atoms with Crippen LogP contribution in [0.15, 0.2) is 11.1 Å². The highest BCUT2D eigenvalue weighted by Crippen LogP contribution is 2.61. The molecule has 18 heteroatoms. The molecule has 1 rings (SSSR count). The summed E-state index contributed by atoms with van der Waals surface area (Å²) >= 11 is 0. The highest BCUT2D eigenvalue weighted by molar-refractivity contribution is 5.41. The summed E-state index contributed by atoms with van der Waals surface area (Å²) in [5, 5.41) is 0. The molecule has 0 N–H and O–H groups in total. The van der Waals surface area contributed by atoms with Crippen molar-refractivity contribution in [2.45, 2.75) is 42.3 Å². The van der Waals surface area contributed by atoms with Gasteiger partial charge in [0.1, 0.15) is 5.57 Å². The van der Waals surface area contributed by atoms with Crippen molar-refractivity contribution >= 4 is 0 Å². The Labute approximate surface area is 148 Å². The largest absolute Gasteiger partial charge is 0.453 e. The molecule has 0 aromatic carbocycles. The minimum atomic E-state index is -7.47. The fourth-order valence-electron chi connectivity index (χ4n) is 2.36. The van der Waals surface area contributed by atoms with Gasteiger partial charge in [0.05, 0.1) is 18.8 Å². The molecule has 1 atom stereocenters. The van der Waals surface area contributed by atoms with E-state index in [1.54, 1.807) is 0 Å². The first-order valence-corrected chi connectivity index (χ1v) is 6.51. The maximum atomic E-state index is 14.4. The third-order valence-electron chi connectivity index (χ3n) is 3.36. The smallest absolute Gasteiger partial charge is 0.352 e. The first-order chi connectivity index (χ1) is 12.4. The number of hydrogen-bond donors (Lipinski definition) is 0. The molecule has 1 fully saturated rings. The van der Waals surface area contributed by atoms with E-state index in [4.69, 9.17) is 0 Å². The van der Waals surface area contributed by atoms with Crippen LogP contribution in [0.4, 0.5) is 70.2 Å². The van der Waals surface area contributed by atoms with Gasteiger partial charge < -0.3 is 9.47 Å². The SMILES string of the molecule is FC(F)(F)C(=C1C(F)(C(F)(F)F)OCCOC1(C(F)(F)F)C(F)(F)F)C(F)(F)F. The predicted octanol–water partition coefficient (Wildman–Crippen LogP) is 5.55. The standard InChI is InChI=1S/C11H4F16O2/c12-6(11(25,26)27)3(4(7(13,14)15)8(16,17)18)5(9(19,20)21,10(22,23)24)28-1-2-29-6/h1-2H2. The Bertz CT molecular complexity index is 614. The third-order valence-corrected chi connectivity index (χ3v) is 3.36. The number of halogens is 16. The first kappa shape index (κ1) is 25.6. The van der Waals surface area contributed by atoms with Crippen LogP contribution in [0.1, 0.15) is 0 Å². The zero-order valence-electron chi connectivity index (χ0n) is 12.8. The molecule has 1 heterocycles. The lowest BCUT2D eigenvalue weighted by molar-refractivity contribution is -0.377. The van der Waals surface area contributed by atoms with Crippen LogP contribution < -0.4 is 0 Å². The lowest BCUT2D eigenvalue weighted by Crippen LogP contribution is -2.66. The van der Waals surface area contributed by atoms with E-state index >= 15 is 0 Å². The summed E-state index contributed by atoms with van der Waals surface area (Å²) in [6, 6.07) is 0. The Hall–Kier alpha value is -1.46. The Morgan fingerprint density at radius 1 is 0.586 bits per heavy atom. The second kappa shape index (κ2) is 6.78. The van der Waals surface area contributed by atoms with Crippen molar-refractivity contribution in [3.8, 4) is 0 Å². The maximum Gasteiger partial charge on any atom is 0.453 e. The van der Waals surface area contributed by atoms with Crippen LogP contribution in [0.25, 0.3) is 0 Å². The van der Waals surface area contributed by atoms with E-state index < -0.39 is 66.7 Å². The van der Waals surface area contributed by atoms with Crippen LogP contribution in [-0.2, 0) is 9.47 Å². The molecule has 0 aliphatic carbocycles. The van der Waals surface area contributed by atoms with Crippen molar-refractivity contribution in [2.75, 3.05) is 13.2 Å². The van der Waals surface area contributed by atoms with Crippen LogP contribution >= 0.6 is 0 Å². The van der Waals surface area contributed by atoms with Crippen LogP contribution in [0.2, 0.25) is 0 Å². The molecule has 0 saturated carbocycles. The van der Waals surface area contributed by atoms with Crippen LogP contribution in [0, 0.1) is 0 Å². The molecule has 1 aliphatic heterocycles. The molecule has 0 bridgehead atoms. The Morgan fingerprint density at radius 3 is 1.21 bits per heavy atom. The lowest BCUT2D eigenvalue weighted by atomic mass is 9.81. The number of hydrogen-bond acceptors (Lipinski definition) is 2. The molecule has 0 radical (unpaired) electrons. The van der Waals surface area contributed by atoms with Crippen molar-refractivity contribution in [1.29, 1.82) is 0 Å². The van der Waals surface area contributed by atoms with Crippen molar-refractivity contribution in [1.82, 2.24) is 0 Å². The molecular weight excluding hydrogens is 468 g/mol. The summed E-state index contributed by atoms with van der Waals surface area (Å²) in [5.74, 6) is -6.82. The molecule has 172 valence electrons. The highest BCUT2D eigenvalue weighted by Gasteiger charge is 2.84. The average Bonchev–Trinajstić information content (AvgIpc) is 2.53. The monoisotopic (exact) mass is 472 g/mol. The zero-order valence-corrected chi connectivity index (χ0v) is 12.8. The average molecular weight is 472 g/mol. The fraction of sp³-hybridized carbons (Fsp3) is 0.818. The van der Waals surface area contributed by atoms with Gasteiger partial charge in [0.15, 0.2) is 0 Å². The predicted molar refractivity (Wildman–Crippen MR) is 55.8 cm³/mol. The van der Waals surface area contributed by atoms with E-state index in [-0.39, 0.29) is 0 Å². The van der Waals surface area contributed by atoms with Gasteiger partial charge in [-0.15, -0.1) is 0 Å². The summed E-state index contributed by atoms with van der Waals surface area (Å²) in [5.41, 5.74) is -17.0. The van der Waals surface area contributed by atoms with Crippen molar-refractivity contribution < 1.29 is 79.7 Å². The van der Waals surface area contributed by atoms with Gasteiger partial charge in [0.2, 0.25) is 0 Å². The topological polar surface area (TPSA) is 18.5 Å². The van der Waals surface area contributed by atoms with Crippen LogP contribution in [0.3, 0.4) is 0 Å². The molecule has 0 amide bonds. The highest BCUT2D eigenvalue weighted by atomic mass is 19.4. The van der Waals surface area contributed by atoms with E-state index in [1.165, 1.54) is 0 Å². The summed E-state index contributed by atoms with van der Waals surface area (Å²) in [6.07, 6.45) is -37.0. The fourth-order valence-corrected chi connectivity index (χ4v) is 2.36. The molecule has 1 saturated heterocycles. The molecule has 2 nitrogen and oxygen atoms in total. The minimum absolute atomic E-state index is 2.21. The molecule has 0 aromatic rings. The minimum Gasteiger partial charge on any atom is -0.352 e. The number of ether oxygens (including phenoxy) is 2. The summed E-state index contributed by atoms with van der Waals surface area (Å²) in [6.45, 7) is -4.51. The summed E-state index contributed by atoms with van der Waals surface area (Å²) < 4.78 is 215. The van der Waals surface area contributed by atoms with Gasteiger partial charge in [-0.2, -0.15) is 70.2 Å². The van der Waals surface area contributed by atoms with Gasteiger partial charge in [-0.25, -0.2) is 0 Å². The van der Waals surface area contributed by atoms with Crippen molar-refractivity contribution in [3.05, 3.63) is 11.1 Å². The number of alkyl halides is 16. The van der Waals surface area contributed by atoms with Gasteiger partial charge in [-0.05, 0) is 0 Å². The Balaban J connectivity index is 4.47. The molecule has 29 heavy (non-hydrogen) atoms. The molecule has 1 aliphatic rings. The molecule has 0 spiro atoms. The van der Waals surface area contributed by atoms with E-state index in [9.17, 15) is 70.2 Å². The van der Waals surface area contributed by atoms with E-state index in [0.717, 1.165) is 0 Å². The zero-order chi connectivity index (χ0) is 23.5. The van der Waals surface area contributed by atoms with Gasteiger partial charge >= 0.3 is 36.7 Å². The molecule has 0 aromatic heterocycles. The van der Waals surface area contributed by atoms with E-state index in [1.807, 2.05) is 0 Å². The van der Waals surface area contributed by atoms with Gasteiger partial charge in [0, 0.05) is 0 Å². The first-order valence-electron chi connectivity index (χ1n) is 6.51. The van der Waals surface area contributed by atoms with Gasteiger partial charge in [-0.3, -0.25) is 0 Å². The van der Waals surface area contributed by atoms with Gasteiger partial charge in [0.25, 0.3) is 5.60 Å². The van der Waals surface area contributed by atoms with Crippen molar-refractivity contribution in [3.63, 3.8) is 0 Å². The lowest BCUT2D eigenvalue weighted by Gasteiger charge is -2.42. The summed E-state index contributed by atoms with van der Waals surface area (Å²) in [4.78, 5) is 0. The Morgan fingerprint density at radius 2 is 0.931 bits per heavy atom. The van der Waals surface area contributed by atoms with E-state index in [0.29, 0.717) is 0 Å². The van der Waals surface area contributed by atoms with Gasteiger partial charge in [-0.1, -0.05) is 0 Å². The third kappa shape index (κ3) is 4.09. The number of allylic oxidation sites excluding steroid dienone is 1. The molecule has 1 unspecified atom stereocenters. The maximum absolute atomic E-state index is 14.4. The van der Waals surface area contributed by atoms with Crippen LogP contribution in [0.5, 0.6) is 0 Å². The number of rotatable bonds is 0. The second-order valence-electron chi connectivity index (χ2n) is 5.21. The second-order valence-corrected chi connectivity index (χ2v) is 5.21. The summed E-state index contributed by atoms with van der Waals surface area (Å²) in [7, 11) is 0. The quantitative estimate of drug-likeness (QED) is 0.341. The van der Waals surface area contributed by atoms with E-state index in [2.05, 4.69) is 9.47 Å². The van der Waals surface area contributed by atoms with Crippen LogP contribution in [-0.4, -0.2) is 55.6 Å². The van der Waals surface area contributed by atoms with Crippen molar-refractivity contribution in [2.24, 2.45) is 0 Å². The Kier molecular flexibility index (Phi) is 5.98. The molecular formula is C11H4F16O2. The normalized spacial score (nSPS) is 25.0.